The Labute approximate surface area is 97.5 Å². The van der Waals surface area contributed by atoms with Crippen LogP contribution < -0.4 is 16.6 Å². The molecule has 17 heavy (non-hydrogen) atoms. The molecule has 0 unspecified atom stereocenters. The third-order valence-electron chi connectivity index (χ3n) is 2.71. The van der Waals surface area contributed by atoms with Crippen LogP contribution in [0, 0.1) is 0 Å². The van der Waals surface area contributed by atoms with Gasteiger partial charge in [0.2, 0.25) is 0 Å². The van der Waals surface area contributed by atoms with Crippen molar-refractivity contribution >= 4 is 16.7 Å². The van der Waals surface area contributed by atoms with E-state index in [1.165, 1.54) is 11.6 Å². The number of aromatic nitrogens is 3. The molecule has 0 aromatic carbocycles. The molecule has 0 saturated heterocycles. The van der Waals surface area contributed by atoms with Gasteiger partial charge in [0.05, 0.1) is 5.69 Å². The summed E-state index contributed by atoms with van der Waals surface area (Å²) >= 11 is 0. The number of anilines is 1. The van der Waals surface area contributed by atoms with E-state index in [2.05, 4.69) is 10.3 Å². The lowest BCUT2D eigenvalue weighted by Crippen LogP contribution is -2.37. The number of fused-ring (bicyclic) bond motifs is 1. The third kappa shape index (κ3) is 1.61. The first kappa shape index (κ1) is 11.4. The first-order valence-corrected chi connectivity index (χ1v) is 5.36. The smallest absolute Gasteiger partial charge is 0.332 e. The Morgan fingerprint density at radius 2 is 2.00 bits per heavy atom. The van der Waals surface area contributed by atoms with Gasteiger partial charge in [-0.2, -0.15) is 0 Å². The number of rotatable bonds is 2. The number of hydrogen-bond donors (Lipinski definition) is 1. The molecule has 0 spiro atoms. The van der Waals surface area contributed by atoms with Crippen molar-refractivity contribution < 1.29 is 0 Å². The van der Waals surface area contributed by atoms with Crippen LogP contribution in [0.2, 0.25) is 0 Å². The molecule has 0 aliphatic carbocycles. The molecule has 1 N–H and O–H groups in total. The lowest BCUT2D eigenvalue weighted by Gasteiger charge is -2.10. The summed E-state index contributed by atoms with van der Waals surface area (Å²) in [6, 6.07) is 1.73. The van der Waals surface area contributed by atoms with Crippen molar-refractivity contribution in [3.63, 3.8) is 0 Å². The summed E-state index contributed by atoms with van der Waals surface area (Å²) < 4.78 is 2.46. The molecule has 2 aromatic rings. The first-order chi connectivity index (χ1) is 8.07. The Balaban J connectivity index is 3.01. The van der Waals surface area contributed by atoms with Gasteiger partial charge >= 0.3 is 5.69 Å². The van der Waals surface area contributed by atoms with Gasteiger partial charge in [-0.15, -0.1) is 0 Å². The second-order valence-corrected chi connectivity index (χ2v) is 3.79. The molecule has 2 aromatic heterocycles. The van der Waals surface area contributed by atoms with Crippen molar-refractivity contribution in [3.05, 3.63) is 33.1 Å². The minimum absolute atomic E-state index is 0.327. The molecule has 90 valence electrons. The van der Waals surface area contributed by atoms with Gasteiger partial charge in [-0.3, -0.25) is 13.9 Å². The third-order valence-corrected chi connectivity index (χ3v) is 2.71. The van der Waals surface area contributed by atoms with E-state index in [4.69, 9.17) is 0 Å². The van der Waals surface area contributed by atoms with Gasteiger partial charge in [0.1, 0.15) is 5.39 Å². The fraction of sp³-hybridized carbons (Fsp3) is 0.364. The number of nitrogens with zero attached hydrogens (tertiary/aromatic N) is 3. The molecule has 0 aliphatic rings. The van der Waals surface area contributed by atoms with E-state index in [1.54, 1.807) is 19.3 Å². The van der Waals surface area contributed by atoms with Crippen molar-refractivity contribution in [1.29, 1.82) is 0 Å². The molecule has 0 atom stereocenters. The summed E-state index contributed by atoms with van der Waals surface area (Å²) in [5, 5.41) is 3.54. The van der Waals surface area contributed by atoms with Crippen molar-refractivity contribution in [1.82, 2.24) is 14.1 Å². The topological polar surface area (TPSA) is 68.9 Å². The first-order valence-electron chi connectivity index (χ1n) is 5.36. The van der Waals surface area contributed by atoms with E-state index in [-0.39, 0.29) is 11.2 Å². The van der Waals surface area contributed by atoms with Crippen LogP contribution in [0.15, 0.2) is 21.9 Å². The summed E-state index contributed by atoms with van der Waals surface area (Å²) in [5.74, 6) is 0. The van der Waals surface area contributed by atoms with Crippen LogP contribution in [0.1, 0.15) is 6.92 Å². The maximum absolute atomic E-state index is 12.1. The van der Waals surface area contributed by atoms with E-state index >= 15 is 0 Å². The lowest BCUT2D eigenvalue weighted by atomic mass is 10.2. The zero-order chi connectivity index (χ0) is 12.6. The zero-order valence-electron chi connectivity index (χ0n) is 10.0. The van der Waals surface area contributed by atoms with Crippen molar-refractivity contribution in [2.24, 2.45) is 14.1 Å². The minimum atomic E-state index is -0.372. The molecule has 2 rings (SSSR count). The van der Waals surface area contributed by atoms with Gasteiger partial charge in [0.15, 0.2) is 5.65 Å². The molecule has 0 saturated carbocycles. The van der Waals surface area contributed by atoms with Crippen molar-refractivity contribution in [2.75, 3.05) is 11.9 Å². The highest BCUT2D eigenvalue weighted by Gasteiger charge is 2.12. The van der Waals surface area contributed by atoms with Gasteiger partial charge in [-0.1, -0.05) is 0 Å². The highest BCUT2D eigenvalue weighted by atomic mass is 16.2. The molecule has 0 bridgehead atoms. The maximum Gasteiger partial charge on any atom is 0.332 e. The molecule has 0 fully saturated rings. The van der Waals surface area contributed by atoms with Gasteiger partial charge in [0, 0.05) is 26.8 Å². The standard InChI is InChI=1S/C11H14N4O2/c1-4-12-7-5-6-13-9-8(7)10(16)15(3)11(17)14(9)2/h5-6H,4H2,1-3H3,(H,12,13). The second kappa shape index (κ2) is 4.04. The molecule has 6 nitrogen and oxygen atoms in total. The van der Waals surface area contributed by atoms with E-state index in [0.717, 1.165) is 4.57 Å². The Hall–Kier alpha value is -2.11. The summed E-state index contributed by atoms with van der Waals surface area (Å²) in [6.45, 7) is 2.64. The predicted molar refractivity (Wildman–Crippen MR) is 66.4 cm³/mol. The van der Waals surface area contributed by atoms with E-state index in [9.17, 15) is 9.59 Å². The zero-order valence-corrected chi connectivity index (χ0v) is 10.0. The minimum Gasteiger partial charge on any atom is -0.385 e. The Morgan fingerprint density at radius 1 is 1.29 bits per heavy atom. The maximum atomic E-state index is 12.1. The molecular formula is C11H14N4O2. The summed E-state index contributed by atoms with van der Waals surface area (Å²) in [4.78, 5) is 27.9. The fourth-order valence-corrected chi connectivity index (χ4v) is 1.82. The van der Waals surface area contributed by atoms with Crippen LogP contribution in [0.3, 0.4) is 0 Å². The molecular weight excluding hydrogens is 220 g/mol. The van der Waals surface area contributed by atoms with Crippen LogP contribution >= 0.6 is 0 Å². The largest absolute Gasteiger partial charge is 0.385 e. The van der Waals surface area contributed by atoms with Crippen LogP contribution in [0.5, 0.6) is 0 Å². The summed E-state index contributed by atoms with van der Waals surface area (Å²) in [7, 11) is 3.07. The normalized spacial score (nSPS) is 10.8. The Morgan fingerprint density at radius 3 is 2.65 bits per heavy atom. The van der Waals surface area contributed by atoms with E-state index < -0.39 is 0 Å². The van der Waals surface area contributed by atoms with E-state index in [1.807, 2.05) is 6.92 Å². The molecule has 0 radical (unpaired) electrons. The van der Waals surface area contributed by atoms with Crippen molar-refractivity contribution in [3.8, 4) is 0 Å². The predicted octanol–water partition coefficient (Wildman–Crippen LogP) is 0.0640. The summed E-state index contributed by atoms with van der Waals surface area (Å²) in [6.07, 6.45) is 1.58. The number of aryl methyl sites for hydroxylation is 1. The quantitative estimate of drug-likeness (QED) is 0.798. The van der Waals surface area contributed by atoms with Crippen LogP contribution in [0.4, 0.5) is 5.69 Å². The highest BCUT2D eigenvalue weighted by Crippen LogP contribution is 2.15. The Kier molecular flexibility index (Phi) is 2.71. The van der Waals surface area contributed by atoms with Crippen molar-refractivity contribution in [2.45, 2.75) is 6.92 Å². The summed E-state index contributed by atoms with van der Waals surface area (Å²) in [5.41, 5.74) is 0.404. The lowest BCUT2D eigenvalue weighted by molar-refractivity contribution is 0.708. The van der Waals surface area contributed by atoms with Gasteiger partial charge < -0.3 is 5.32 Å². The monoisotopic (exact) mass is 234 g/mol. The van der Waals surface area contributed by atoms with E-state index in [0.29, 0.717) is 23.3 Å². The number of pyridine rings is 1. The van der Waals surface area contributed by atoms with Crippen LogP contribution in [-0.4, -0.2) is 20.7 Å². The molecule has 6 heteroatoms. The number of nitrogens with one attached hydrogen (secondary N) is 1. The second-order valence-electron chi connectivity index (χ2n) is 3.79. The highest BCUT2D eigenvalue weighted by molar-refractivity contribution is 5.87. The van der Waals surface area contributed by atoms with Gasteiger partial charge in [0.25, 0.3) is 5.56 Å². The van der Waals surface area contributed by atoms with Crippen LogP contribution in [-0.2, 0) is 14.1 Å². The van der Waals surface area contributed by atoms with Gasteiger partial charge in [-0.05, 0) is 13.0 Å². The average molecular weight is 234 g/mol. The molecule has 0 amide bonds. The number of hydrogen-bond acceptors (Lipinski definition) is 4. The molecule has 0 aliphatic heterocycles. The van der Waals surface area contributed by atoms with Crippen LogP contribution in [0.25, 0.3) is 11.0 Å². The fourth-order valence-electron chi connectivity index (χ4n) is 1.82. The Bertz CT molecular complexity index is 684. The average Bonchev–Trinajstić information content (AvgIpc) is 2.34. The molecule has 2 heterocycles. The van der Waals surface area contributed by atoms with Gasteiger partial charge in [-0.25, -0.2) is 9.78 Å². The SMILES string of the molecule is CCNc1ccnc2c1c(=O)n(C)c(=O)n2C.